The molecular weight excluding hydrogens is 282 g/mol. The SMILES string of the molecule is COc1nc(C)cnc1N1C=CC=CC1C(=O)OCC(C)C. The minimum Gasteiger partial charge on any atom is -0.478 e. The van der Waals surface area contributed by atoms with E-state index in [1.54, 1.807) is 23.4 Å². The van der Waals surface area contributed by atoms with Crippen LogP contribution in [0.3, 0.4) is 0 Å². The molecule has 0 spiro atoms. The molecular formula is C16H21N3O3. The first kappa shape index (κ1) is 16.0. The highest BCUT2D eigenvalue weighted by Crippen LogP contribution is 2.27. The molecule has 0 fully saturated rings. The molecule has 0 radical (unpaired) electrons. The largest absolute Gasteiger partial charge is 0.478 e. The Morgan fingerprint density at radius 1 is 1.41 bits per heavy atom. The summed E-state index contributed by atoms with van der Waals surface area (Å²) >= 11 is 0. The predicted molar refractivity (Wildman–Crippen MR) is 83.7 cm³/mol. The maximum Gasteiger partial charge on any atom is 0.333 e. The van der Waals surface area contributed by atoms with Crippen LogP contribution in [-0.4, -0.2) is 35.7 Å². The van der Waals surface area contributed by atoms with Crippen molar-refractivity contribution in [2.45, 2.75) is 26.8 Å². The van der Waals surface area contributed by atoms with Crippen LogP contribution in [0, 0.1) is 12.8 Å². The van der Waals surface area contributed by atoms with Crippen molar-refractivity contribution in [3.05, 3.63) is 36.3 Å². The summed E-state index contributed by atoms with van der Waals surface area (Å²) in [6, 6.07) is -0.574. The number of allylic oxidation sites excluding steroid dienone is 2. The number of carbonyl (C=O) groups is 1. The molecule has 1 unspecified atom stereocenters. The summed E-state index contributed by atoms with van der Waals surface area (Å²) in [6.07, 6.45) is 8.81. The van der Waals surface area contributed by atoms with Gasteiger partial charge < -0.3 is 14.4 Å². The van der Waals surface area contributed by atoms with E-state index in [0.717, 1.165) is 5.69 Å². The molecule has 0 aromatic carbocycles. The Bertz CT molecular complexity index is 596. The van der Waals surface area contributed by atoms with E-state index in [4.69, 9.17) is 9.47 Å². The molecule has 0 saturated heterocycles. The number of nitrogens with zero attached hydrogens (tertiary/aromatic N) is 3. The molecule has 0 saturated carbocycles. The van der Waals surface area contributed by atoms with Crippen LogP contribution in [0.15, 0.2) is 30.6 Å². The van der Waals surface area contributed by atoms with Crippen molar-refractivity contribution >= 4 is 11.8 Å². The maximum atomic E-state index is 12.3. The van der Waals surface area contributed by atoms with Crippen LogP contribution < -0.4 is 9.64 Å². The molecule has 0 N–H and O–H groups in total. The fraction of sp³-hybridized carbons (Fsp3) is 0.438. The third-order valence-corrected chi connectivity index (χ3v) is 3.03. The van der Waals surface area contributed by atoms with Gasteiger partial charge in [-0.2, -0.15) is 0 Å². The standard InChI is InChI=1S/C16H21N3O3/c1-11(2)10-22-16(20)13-7-5-6-8-19(13)14-15(21-4)18-12(3)9-17-14/h5-9,11,13H,10H2,1-4H3. The fourth-order valence-electron chi connectivity index (χ4n) is 1.99. The molecule has 1 atom stereocenters. The summed E-state index contributed by atoms with van der Waals surface area (Å²) in [5, 5.41) is 0. The number of aromatic nitrogens is 2. The molecule has 22 heavy (non-hydrogen) atoms. The molecule has 6 nitrogen and oxygen atoms in total. The smallest absolute Gasteiger partial charge is 0.333 e. The monoisotopic (exact) mass is 303 g/mol. The molecule has 118 valence electrons. The fourth-order valence-corrected chi connectivity index (χ4v) is 1.99. The highest BCUT2D eigenvalue weighted by molar-refractivity contribution is 5.84. The average Bonchev–Trinajstić information content (AvgIpc) is 2.52. The quantitative estimate of drug-likeness (QED) is 0.777. The molecule has 1 aromatic rings. The van der Waals surface area contributed by atoms with Gasteiger partial charge in [0.1, 0.15) is 0 Å². The number of rotatable bonds is 5. The van der Waals surface area contributed by atoms with E-state index in [2.05, 4.69) is 9.97 Å². The van der Waals surface area contributed by atoms with Crippen molar-refractivity contribution in [1.29, 1.82) is 0 Å². The van der Waals surface area contributed by atoms with Gasteiger partial charge in [-0.25, -0.2) is 14.8 Å². The zero-order chi connectivity index (χ0) is 16.1. The number of ether oxygens (including phenoxy) is 2. The minimum atomic E-state index is -0.574. The van der Waals surface area contributed by atoms with Gasteiger partial charge in [-0.05, 0) is 18.9 Å². The Morgan fingerprint density at radius 3 is 2.86 bits per heavy atom. The third-order valence-electron chi connectivity index (χ3n) is 3.03. The number of anilines is 1. The van der Waals surface area contributed by atoms with E-state index in [1.807, 2.05) is 32.9 Å². The summed E-state index contributed by atoms with van der Waals surface area (Å²) in [4.78, 5) is 22.7. The normalized spacial score (nSPS) is 17.0. The lowest BCUT2D eigenvalue weighted by molar-refractivity contribution is -0.145. The predicted octanol–water partition coefficient (Wildman–Crippen LogP) is 2.25. The lowest BCUT2D eigenvalue weighted by Crippen LogP contribution is -2.39. The van der Waals surface area contributed by atoms with Crippen LogP contribution in [0.5, 0.6) is 5.88 Å². The topological polar surface area (TPSA) is 64.6 Å². The Kier molecular flexibility index (Phi) is 5.14. The molecule has 6 heteroatoms. The van der Waals surface area contributed by atoms with Crippen LogP contribution in [-0.2, 0) is 9.53 Å². The lowest BCUT2D eigenvalue weighted by atomic mass is 10.2. The number of aryl methyl sites for hydroxylation is 1. The molecule has 2 rings (SSSR count). The van der Waals surface area contributed by atoms with Gasteiger partial charge in [0.05, 0.1) is 25.6 Å². The van der Waals surface area contributed by atoms with Crippen LogP contribution in [0.2, 0.25) is 0 Å². The maximum absolute atomic E-state index is 12.3. The number of carbonyl (C=O) groups excluding carboxylic acids is 1. The summed E-state index contributed by atoms with van der Waals surface area (Å²) in [7, 11) is 1.53. The van der Waals surface area contributed by atoms with Crippen molar-refractivity contribution in [2.75, 3.05) is 18.6 Å². The van der Waals surface area contributed by atoms with Gasteiger partial charge in [0.25, 0.3) is 5.88 Å². The molecule has 1 aromatic heterocycles. The second-order valence-corrected chi connectivity index (χ2v) is 5.45. The Labute approximate surface area is 130 Å². The molecule has 1 aliphatic heterocycles. The minimum absolute atomic E-state index is 0.286. The van der Waals surface area contributed by atoms with Gasteiger partial charge >= 0.3 is 5.97 Å². The summed E-state index contributed by atoms with van der Waals surface area (Å²) in [6.45, 7) is 6.21. The molecule has 1 aliphatic rings. The van der Waals surface area contributed by atoms with E-state index in [0.29, 0.717) is 18.3 Å². The van der Waals surface area contributed by atoms with Gasteiger partial charge in [0.2, 0.25) is 0 Å². The Morgan fingerprint density at radius 2 is 2.18 bits per heavy atom. The highest BCUT2D eigenvalue weighted by atomic mass is 16.5. The zero-order valence-electron chi connectivity index (χ0n) is 13.3. The van der Waals surface area contributed by atoms with E-state index in [1.165, 1.54) is 7.11 Å². The van der Waals surface area contributed by atoms with Crippen LogP contribution in [0.4, 0.5) is 5.82 Å². The number of esters is 1. The van der Waals surface area contributed by atoms with Crippen LogP contribution in [0.1, 0.15) is 19.5 Å². The van der Waals surface area contributed by atoms with Crippen molar-refractivity contribution in [2.24, 2.45) is 5.92 Å². The van der Waals surface area contributed by atoms with Crippen molar-refractivity contribution in [3.8, 4) is 5.88 Å². The summed E-state index contributed by atoms with van der Waals surface area (Å²) < 4.78 is 10.6. The van der Waals surface area contributed by atoms with E-state index in [-0.39, 0.29) is 11.9 Å². The Balaban J connectivity index is 2.26. The number of hydrogen-bond acceptors (Lipinski definition) is 6. The van der Waals surface area contributed by atoms with Crippen molar-refractivity contribution in [3.63, 3.8) is 0 Å². The van der Waals surface area contributed by atoms with Gasteiger partial charge in [-0.15, -0.1) is 0 Å². The van der Waals surface area contributed by atoms with Gasteiger partial charge in [-0.3, -0.25) is 0 Å². The second-order valence-electron chi connectivity index (χ2n) is 5.45. The molecule has 0 amide bonds. The van der Waals surface area contributed by atoms with Gasteiger partial charge in [0.15, 0.2) is 11.9 Å². The average molecular weight is 303 g/mol. The van der Waals surface area contributed by atoms with Crippen LogP contribution in [0.25, 0.3) is 0 Å². The zero-order valence-corrected chi connectivity index (χ0v) is 13.3. The molecule has 0 bridgehead atoms. The first-order chi connectivity index (χ1) is 10.5. The van der Waals surface area contributed by atoms with E-state index < -0.39 is 6.04 Å². The first-order valence-electron chi connectivity index (χ1n) is 7.20. The van der Waals surface area contributed by atoms with E-state index >= 15 is 0 Å². The van der Waals surface area contributed by atoms with E-state index in [9.17, 15) is 4.79 Å². The number of hydrogen-bond donors (Lipinski definition) is 0. The van der Waals surface area contributed by atoms with Crippen molar-refractivity contribution in [1.82, 2.24) is 9.97 Å². The lowest BCUT2D eigenvalue weighted by Gasteiger charge is -2.28. The first-order valence-corrected chi connectivity index (χ1v) is 7.20. The summed E-state index contributed by atoms with van der Waals surface area (Å²) in [5.41, 5.74) is 0.746. The molecule has 0 aliphatic carbocycles. The van der Waals surface area contributed by atoms with Crippen molar-refractivity contribution < 1.29 is 14.3 Å². The second kappa shape index (κ2) is 7.06. The van der Waals surface area contributed by atoms with Gasteiger partial charge in [-0.1, -0.05) is 26.0 Å². The number of methoxy groups -OCH3 is 1. The van der Waals surface area contributed by atoms with Gasteiger partial charge in [0, 0.05) is 6.20 Å². The summed E-state index contributed by atoms with van der Waals surface area (Å²) in [5.74, 6) is 0.828. The molecule has 2 heterocycles. The van der Waals surface area contributed by atoms with Crippen LogP contribution >= 0.6 is 0 Å². The highest BCUT2D eigenvalue weighted by Gasteiger charge is 2.29. The Hall–Kier alpha value is -2.37. The third kappa shape index (κ3) is 3.63.